The zero-order valence-corrected chi connectivity index (χ0v) is 15.3. The third-order valence-electron chi connectivity index (χ3n) is 4.52. The van der Waals surface area contributed by atoms with Crippen LogP contribution in [0.2, 0.25) is 0 Å². The van der Waals surface area contributed by atoms with Gasteiger partial charge in [0.1, 0.15) is 12.4 Å². The molecule has 0 amide bonds. The molecule has 3 N–H and O–H groups in total. The Morgan fingerprint density at radius 3 is 2.73 bits per heavy atom. The number of nitrogen functional groups attached to an aromatic ring is 1. The van der Waals surface area contributed by atoms with Crippen LogP contribution in [0, 0.1) is 0 Å². The molecular weight excluding hydrogens is 332 g/mol. The van der Waals surface area contributed by atoms with Gasteiger partial charge in [-0.15, -0.1) is 0 Å². The fourth-order valence-corrected chi connectivity index (χ4v) is 3.18. The number of benzene rings is 1. The Kier molecular flexibility index (Phi) is 6.12. The molecule has 1 aliphatic rings. The summed E-state index contributed by atoms with van der Waals surface area (Å²) >= 11 is 0. The lowest BCUT2D eigenvalue weighted by atomic mass is 10.1. The minimum atomic E-state index is 0.229. The van der Waals surface area contributed by atoms with Crippen LogP contribution in [-0.2, 0) is 4.74 Å². The van der Waals surface area contributed by atoms with Crippen LogP contribution >= 0.6 is 0 Å². The van der Waals surface area contributed by atoms with Gasteiger partial charge in [0.05, 0.1) is 19.8 Å². The van der Waals surface area contributed by atoms with Gasteiger partial charge in [0.2, 0.25) is 5.95 Å². The standard InChI is InChI=1S/C19H26N4O3/c1-21-18-15(12-22-19(20)23-18)13-7-8-16(24-2)17(11-13)26-10-9-25-14-5-3-4-6-14/h7-8,11-12,14H,3-6,9-10H2,1-2H3,(H3,20,21,22,23). The second-order valence-corrected chi connectivity index (χ2v) is 6.23. The molecule has 0 atom stereocenters. The molecule has 0 spiro atoms. The predicted molar refractivity (Wildman–Crippen MR) is 102 cm³/mol. The molecule has 1 heterocycles. The summed E-state index contributed by atoms with van der Waals surface area (Å²) in [5, 5.41) is 3.04. The zero-order valence-electron chi connectivity index (χ0n) is 15.3. The van der Waals surface area contributed by atoms with Gasteiger partial charge in [-0.1, -0.05) is 18.9 Å². The summed E-state index contributed by atoms with van der Waals surface area (Å²) in [6, 6.07) is 5.73. The van der Waals surface area contributed by atoms with Crippen LogP contribution in [0.4, 0.5) is 11.8 Å². The Bertz CT molecular complexity index is 733. The van der Waals surface area contributed by atoms with E-state index in [0.29, 0.717) is 36.6 Å². The van der Waals surface area contributed by atoms with Gasteiger partial charge in [0.15, 0.2) is 11.5 Å². The van der Waals surface area contributed by atoms with Crippen LogP contribution in [0.3, 0.4) is 0 Å². The number of nitrogens with two attached hydrogens (primary N) is 1. The molecule has 2 aromatic rings. The summed E-state index contributed by atoms with van der Waals surface area (Å²) in [4.78, 5) is 8.31. The van der Waals surface area contributed by atoms with E-state index >= 15 is 0 Å². The highest BCUT2D eigenvalue weighted by molar-refractivity contribution is 5.76. The van der Waals surface area contributed by atoms with Crippen molar-refractivity contribution in [1.82, 2.24) is 9.97 Å². The monoisotopic (exact) mass is 358 g/mol. The number of nitrogens with one attached hydrogen (secondary N) is 1. The van der Waals surface area contributed by atoms with Crippen molar-refractivity contribution in [3.8, 4) is 22.6 Å². The topological polar surface area (TPSA) is 91.5 Å². The fourth-order valence-electron chi connectivity index (χ4n) is 3.18. The van der Waals surface area contributed by atoms with Crippen LogP contribution < -0.4 is 20.5 Å². The maximum absolute atomic E-state index is 5.91. The Morgan fingerprint density at radius 1 is 1.19 bits per heavy atom. The van der Waals surface area contributed by atoms with Crippen molar-refractivity contribution in [3.05, 3.63) is 24.4 Å². The first-order chi connectivity index (χ1) is 12.7. The quantitative estimate of drug-likeness (QED) is 0.701. The van der Waals surface area contributed by atoms with Crippen molar-refractivity contribution in [2.24, 2.45) is 0 Å². The van der Waals surface area contributed by atoms with Crippen LogP contribution in [-0.4, -0.2) is 43.4 Å². The van der Waals surface area contributed by atoms with E-state index in [2.05, 4.69) is 15.3 Å². The predicted octanol–water partition coefficient (Wildman–Crippen LogP) is 3.11. The van der Waals surface area contributed by atoms with Crippen molar-refractivity contribution in [2.45, 2.75) is 31.8 Å². The number of nitrogens with zero attached hydrogens (tertiary/aromatic N) is 2. The summed E-state index contributed by atoms with van der Waals surface area (Å²) < 4.78 is 17.2. The first-order valence-corrected chi connectivity index (χ1v) is 8.94. The highest BCUT2D eigenvalue weighted by Gasteiger charge is 2.15. The maximum atomic E-state index is 5.91. The van der Waals surface area contributed by atoms with Crippen LogP contribution in [0.1, 0.15) is 25.7 Å². The molecule has 1 aromatic heterocycles. The van der Waals surface area contributed by atoms with Crippen molar-refractivity contribution in [2.75, 3.05) is 38.4 Å². The molecule has 1 aromatic carbocycles. The third-order valence-corrected chi connectivity index (χ3v) is 4.52. The normalized spacial score (nSPS) is 14.4. The molecule has 1 aliphatic carbocycles. The Labute approximate surface area is 153 Å². The average Bonchev–Trinajstić information content (AvgIpc) is 3.18. The van der Waals surface area contributed by atoms with Gasteiger partial charge in [-0.25, -0.2) is 4.98 Å². The lowest BCUT2D eigenvalue weighted by molar-refractivity contribution is 0.0377. The van der Waals surface area contributed by atoms with E-state index in [4.69, 9.17) is 19.9 Å². The van der Waals surface area contributed by atoms with E-state index in [1.807, 2.05) is 18.2 Å². The van der Waals surface area contributed by atoms with Gasteiger partial charge >= 0.3 is 0 Å². The Hall–Kier alpha value is -2.54. The Balaban J connectivity index is 1.71. The van der Waals surface area contributed by atoms with Gasteiger partial charge in [0, 0.05) is 18.8 Å². The SMILES string of the molecule is CNc1nc(N)ncc1-c1ccc(OC)c(OCCOC2CCCC2)c1. The summed E-state index contributed by atoms with van der Waals surface area (Å²) in [5.41, 5.74) is 7.43. The molecule has 1 fully saturated rings. The molecule has 0 unspecified atom stereocenters. The van der Waals surface area contributed by atoms with E-state index in [1.54, 1.807) is 20.4 Å². The zero-order chi connectivity index (χ0) is 18.4. The number of rotatable bonds is 8. The van der Waals surface area contributed by atoms with Crippen LogP contribution in [0.5, 0.6) is 11.5 Å². The number of hydrogen-bond acceptors (Lipinski definition) is 7. The van der Waals surface area contributed by atoms with E-state index in [1.165, 1.54) is 12.8 Å². The van der Waals surface area contributed by atoms with E-state index in [-0.39, 0.29) is 5.95 Å². The number of ether oxygens (including phenoxy) is 3. The second kappa shape index (κ2) is 8.71. The lowest BCUT2D eigenvalue weighted by Crippen LogP contribution is -2.14. The summed E-state index contributed by atoms with van der Waals surface area (Å²) in [5.74, 6) is 2.24. The van der Waals surface area contributed by atoms with Gasteiger partial charge in [0.25, 0.3) is 0 Å². The van der Waals surface area contributed by atoms with Crippen molar-refractivity contribution >= 4 is 11.8 Å². The van der Waals surface area contributed by atoms with Crippen LogP contribution in [0.15, 0.2) is 24.4 Å². The summed E-state index contributed by atoms with van der Waals surface area (Å²) in [6.45, 7) is 1.05. The highest BCUT2D eigenvalue weighted by Crippen LogP contribution is 2.34. The first-order valence-electron chi connectivity index (χ1n) is 8.94. The minimum Gasteiger partial charge on any atom is -0.493 e. The molecule has 0 aliphatic heterocycles. The smallest absolute Gasteiger partial charge is 0.221 e. The number of methoxy groups -OCH3 is 1. The first kappa shape index (κ1) is 18.3. The van der Waals surface area contributed by atoms with Gasteiger partial charge < -0.3 is 25.3 Å². The van der Waals surface area contributed by atoms with E-state index < -0.39 is 0 Å². The van der Waals surface area contributed by atoms with Gasteiger partial charge in [-0.05, 0) is 30.5 Å². The van der Waals surface area contributed by atoms with Crippen molar-refractivity contribution in [1.29, 1.82) is 0 Å². The van der Waals surface area contributed by atoms with Crippen molar-refractivity contribution in [3.63, 3.8) is 0 Å². The molecule has 1 saturated carbocycles. The summed E-state index contributed by atoms with van der Waals surface area (Å²) in [6.07, 6.45) is 6.92. The molecule has 3 rings (SSSR count). The molecule has 140 valence electrons. The molecule has 7 heteroatoms. The molecule has 7 nitrogen and oxygen atoms in total. The number of aromatic nitrogens is 2. The molecular formula is C19H26N4O3. The second-order valence-electron chi connectivity index (χ2n) is 6.23. The van der Waals surface area contributed by atoms with Gasteiger partial charge in [-0.3, -0.25) is 0 Å². The van der Waals surface area contributed by atoms with Crippen molar-refractivity contribution < 1.29 is 14.2 Å². The fraction of sp³-hybridized carbons (Fsp3) is 0.474. The number of hydrogen-bond donors (Lipinski definition) is 2. The third kappa shape index (κ3) is 4.35. The Morgan fingerprint density at radius 2 is 2.00 bits per heavy atom. The van der Waals surface area contributed by atoms with Gasteiger partial charge in [-0.2, -0.15) is 4.98 Å². The molecule has 26 heavy (non-hydrogen) atoms. The number of anilines is 2. The largest absolute Gasteiger partial charge is 0.493 e. The van der Waals surface area contributed by atoms with E-state index in [0.717, 1.165) is 24.0 Å². The molecule has 0 radical (unpaired) electrons. The maximum Gasteiger partial charge on any atom is 0.221 e. The molecule has 0 saturated heterocycles. The average molecular weight is 358 g/mol. The van der Waals surface area contributed by atoms with Crippen LogP contribution in [0.25, 0.3) is 11.1 Å². The lowest BCUT2D eigenvalue weighted by Gasteiger charge is -2.15. The minimum absolute atomic E-state index is 0.229. The highest BCUT2D eigenvalue weighted by atomic mass is 16.5. The molecule has 0 bridgehead atoms. The van der Waals surface area contributed by atoms with E-state index in [9.17, 15) is 0 Å². The summed E-state index contributed by atoms with van der Waals surface area (Å²) in [7, 11) is 3.43.